The van der Waals surface area contributed by atoms with Gasteiger partial charge in [0.25, 0.3) is 5.91 Å². The maximum absolute atomic E-state index is 12.4. The lowest BCUT2D eigenvalue weighted by molar-refractivity contribution is 0.102. The molecule has 0 atom stereocenters. The number of nitrogens with one attached hydrogen (secondary N) is 1. The molecule has 0 fully saturated rings. The first-order chi connectivity index (χ1) is 10.0. The van der Waals surface area contributed by atoms with E-state index in [2.05, 4.69) is 21.4 Å². The highest BCUT2D eigenvalue weighted by Crippen LogP contribution is 2.17. The van der Waals surface area contributed by atoms with Gasteiger partial charge in [-0.3, -0.25) is 4.79 Å². The number of anilines is 1. The standard InChI is InChI=1S/C16H19N3OS/c1-5-14-13(9-17-16(19-14)21-4)15(20)18-12-7-10(2)6-11(3)8-12/h6-9H,5H2,1-4H3,(H,18,20). The fourth-order valence-corrected chi connectivity index (χ4v) is 2.56. The van der Waals surface area contributed by atoms with Gasteiger partial charge in [-0.15, -0.1) is 0 Å². The molecular weight excluding hydrogens is 282 g/mol. The molecular formula is C16H19N3OS. The summed E-state index contributed by atoms with van der Waals surface area (Å²) in [5.41, 5.74) is 4.35. The fraction of sp³-hybridized carbons (Fsp3) is 0.312. The quantitative estimate of drug-likeness (QED) is 0.692. The number of benzene rings is 1. The molecule has 1 heterocycles. The highest BCUT2D eigenvalue weighted by atomic mass is 32.2. The first-order valence-corrected chi connectivity index (χ1v) is 8.05. The van der Waals surface area contributed by atoms with Crippen molar-refractivity contribution in [3.63, 3.8) is 0 Å². The van der Waals surface area contributed by atoms with Gasteiger partial charge in [0.2, 0.25) is 0 Å². The summed E-state index contributed by atoms with van der Waals surface area (Å²) >= 11 is 1.47. The maximum atomic E-state index is 12.4. The van der Waals surface area contributed by atoms with E-state index < -0.39 is 0 Å². The number of aromatic nitrogens is 2. The van der Waals surface area contributed by atoms with Crippen molar-refractivity contribution in [3.8, 4) is 0 Å². The van der Waals surface area contributed by atoms with Crippen molar-refractivity contribution >= 4 is 23.4 Å². The van der Waals surface area contributed by atoms with Crippen LogP contribution in [-0.4, -0.2) is 22.1 Å². The molecule has 4 nitrogen and oxygen atoms in total. The van der Waals surface area contributed by atoms with Gasteiger partial charge in [-0.05, 0) is 49.8 Å². The van der Waals surface area contributed by atoms with Crippen LogP contribution >= 0.6 is 11.8 Å². The number of carbonyl (C=O) groups excluding carboxylic acids is 1. The van der Waals surface area contributed by atoms with Crippen LogP contribution in [-0.2, 0) is 6.42 Å². The zero-order valence-electron chi connectivity index (χ0n) is 12.7. The van der Waals surface area contributed by atoms with Gasteiger partial charge < -0.3 is 5.32 Å². The lowest BCUT2D eigenvalue weighted by atomic mass is 10.1. The van der Waals surface area contributed by atoms with Gasteiger partial charge in [-0.2, -0.15) is 0 Å². The van der Waals surface area contributed by atoms with Crippen molar-refractivity contribution in [2.24, 2.45) is 0 Å². The largest absolute Gasteiger partial charge is 0.322 e. The number of hydrogen-bond donors (Lipinski definition) is 1. The summed E-state index contributed by atoms with van der Waals surface area (Å²) in [5.74, 6) is -0.162. The van der Waals surface area contributed by atoms with Crippen molar-refractivity contribution in [3.05, 3.63) is 46.8 Å². The lowest BCUT2D eigenvalue weighted by Gasteiger charge is -2.10. The zero-order valence-corrected chi connectivity index (χ0v) is 13.5. The van der Waals surface area contributed by atoms with Gasteiger partial charge in [0, 0.05) is 11.9 Å². The van der Waals surface area contributed by atoms with E-state index in [1.807, 2.05) is 39.2 Å². The molecule has 0 bridgehead atoms. The van der Waals surface area contributed by atoms with Crippen molar-refractivity contribution in [1.82, 2.24) is 9.97 Å². The van der Waals surface area contributed by atoms with Gasteiger partial charge in [-0.1, -0.05) is 24.8 Å². The number of amides is 1. The molecule has 1 aromatic carbocycles. The molecule has 2 aromatic rings. The molecule has 1 N–H and O–H groups in total. The van der Waals surface area contributed by atoms with Crippen LogP contribution in [0.2, 0.25) is 0 Å². The van der Waals surface area contributed by atoms with Crippen molar-refractivity contribution < 1.29 is 4.79 Å². The third kappa shape index (κ3) is 3.82. The van der Waals surface area contributed by atoms with E-state index in [-0.39, 0.29) is 5.91 Å². The van der Waals surface area contributed by atoms with E-state index in [0.717, 1.165) is 22.5 Å². The number of rotatable bonds is 4. The molecule has 0 aliphatic carbocycles. The molecule has 0 spiro atoms. The highest BCUT2D eigenvalue weighted by Gasteiger charge is 2.14. The first-order valence-electron chi connectivity index (χ1n) is 6.83. The number of aryl methyl sites for hydroxylation is 3. The second kappa shape index (κ2) is 6.72. The average Bonchev–Trinajstić information content (AvgIpc) is 2.45. The molecule has 5 heteroatoms. The Morgan fingerprint density at radius 3 is 2.48 bits per heavy atom. The minimum Gasteiger partial charge on any atom is -0.322 e. The van der Waals surface area contributed by atoms with Crippen LogP contribution in [0.5, 0.6) is 0 Å². The molecule has 0 aliphatic heterocycles. The molecule has 1 aromatic heterocycles. The molecule has 1 amide bonds. The Bertz CT molecular complexity index is 650. The fourth-order valence-electron chi connectivity index (χ4n) is 2.20. The van der Waals surface area contributed by atoms with Crippen molar-refractivity contribution in [1.29, 1.82) is 0 Å². The zero-order chi connectivity index (χ0) is 15.4. The summed E-state index contributed by atoms with van der Waals surface area (Å²) in [4.78, 5) is 21.0. The van der Waals surface area contributed by atoms with E-state index in [0.29, 0.717) is 17.1 Å². The number of carbonyl (C=O) groups is 1. The average molecular weight is 301 g/mol. The van der Waals surface area contributed by atoms with Crippen LogP contribution in [0.25, 0.3) is 0 Å². The smallest absolute Gasteiger partial charge is 0.259 e. The Morgan fingerprint density at radius 1 is 1.24 bits per heavy atom. The minimum atomic E-state index is -0.162. The second-order valence-electron chi connectivity index (χ2n) is 4.90. The third-order valence-electron chi connectivity index (χ3n) is 3.09. The van der Waals surface area contributed by atoms with Crippen LogP contribution in [0, 0.1) is 13.8 Å². The lowest BCUT2D eigenvalue weighted by Crippen LogP contribution is -2.16. The Labute approximate surface area is 129 Å². The predicted molar refractivity (Wildman–Crippen MR) is 87.1 cm³/mol. The topological polar surface area (TPSA) is 54.9 Å². The van der Waals surface area contributed by atoms with E-state index in [9.17, 15) is 4.79 Å². The van der Waals surface area contributed by atoms with Gasteiger partial charge in [0.1, 0.15) is 0 Å². The molecule has 0 unspecified atom stereocenters. The number of nitrogens with zero attached hydrogens (tertiary/aromatic N) is 2. The van der Waals surface area contributed by atoms with E-state index >= 15 is 0 Å². The molecule has 21 heavy (non-hydrogen) atoms. The van der Waals surface area contributed by atoms with Crippen molar-refractivity contribution in [2.45, 2.75) is 32.3 Å². The van der Waals surface area contributed by atoms with Crippen molar-refractivity contribution in [2.75, 3.05) is 11.6 Å². The second-order valence-corrected chi connectivity index (χ2v) is 5.67. The van der Waals surface area contributed by atoms with Crippen LogP contribution in [0.1, 0.15) is 34.1 Å². The normalized spacial score (nSPS) is 10.5. The van der Waals surface area contributed by atoms with Gasteiger partial charge in [-0.25, -0.2) is 9.97 Å². The molecule has 2 rings (SSSR count). The first kappa shape index (κ1) is 15.5. The molecule has 0 saturated carbocycles. The Balaban J connectivity index is 2.27. The van der Waals surface area contributed by atoms with Crippen LogP contribution in [0.4, 0.5) is 5.69 Å². The highest BCUT2D eigenvalue weighted by molar-refractivity contribution is 7.98. The van der Waals surface area contributed by atoms with E-state index in [1.165, 1.54) is 11.8 Å². The van der Waals surface area contributed by atoms with E-state index in [4.69, 9.17) is 0 Å². The summed E-state index contributed by atoms with van der Waals surface area (Å²) < 4.78 is 0. The minimum absolute atomic E-state index is 0.162. The summed E-state index contributed by atoms with van der Waals surface area (Å²) in [6.07, 6.45) is 4.23. The number of thioether (sulfide) groups is 1. The summed E-state index contributed by atoms with van der Waals surface area (Å²) in [6, 6.07) is 5.98. The summed E-state index contributed by atoms with van der Waals surface area (Å²) in [5, 5.41) is 3.62. The van der Waals surface area contributed by atoms with Gasteiger partial charge in [0.15, 0.2) is 5.16 Å². The van der Waals surface area contributed by atoms with Crippen LogP contribution in [0.15, 0.2) is 29.6 Å². The van der Waals surface area contributed by atoms with E-state index in [1.54, 1.807) is 6.20 Å². The SMILES string of the molecule is CCc1nc(SC)ncc1C(=O)Nc1cc(C)cc(C)c1. The molecule has 0 aliphatic rings. The van der Waals surface area contributed by atoms with Gasteiger partial charge in [0.05, 0.1) is 11.3 Å². The van der Waals surface area contributed by atoms with Crippen LogP contribution < -0.4 is 5.32 Å². The summed E-state index contributed by atoms with van der Waals surface area (Å²) in [7, 11) is 0. The van der Waals surface area contributed by atoms with Gasteiger partial charge >= 0.3 is 0 Å². The third-order valence-corrected chi connectivity index (χ3v) is 3.65. The summed E-state index contributed by atoms with van der Waals surface area (Å²) in [6.45, 7) is 6.01. The predicted octanol–water partition coefficient (Wildman–Crippen LogP) is 3.63. The molecule has 0 radical (unpaired) electrons. The Hall–Kier alpha value is -1.88. The Morgan fingerprint density at radius 2 is 1.90 bits per heavy atom. The number of hydrogen-bond acceptors (Lipinski definition) is 4. The monoisotopic (exact) mass is 301 g/mol. The van der Waals surface area contributed by atoms with Crippen LogP contribution in [0.3, 0.4) is 0 Å². The molecule has 110 valence electrons. The maximum Gasteiger partial charge on any atom is 0.259 e. The Kier molecular flexibility index (Phi) is 4.96. The molecule has 0 saturated heterocycles.